The third kappa shape index (κ3) is 2.70. The summed E-state index contributed by atoms with van der Waals surface area (Å²) in [6, 6.07) is 12.6. The molecule has 2 fully saturated rings. The molecule has 30 heavy (non-hydrogen) atoms. The first-order chi connectivity index (χ1) is 14.5. The minimum absolute atomic E-state index is 0.00807. The highest BCUT2D eigenvalue weighted by Crippen LogP contribution is 2.44. The molecule has 1 spiro atoms. The standard InChI is InChI=1S/C24H23N5O/c1-3-22(30)28-10-9-24(13-28)14-29(15-24)21-6-4-5-17(18(21)11-25)23-16(2)7-8-20-19(23)12-26-27-20/h3-8,12H,1,9-10,13-15H2,2H3,(H,26,27). The number of amides is 1. The van der Waals surface area contributed by atoms with E-state index in [1.54, 1.807) is 0 Å². The number of benzene rings is 2. The monoisotopic (exact) mass is 397 g/mol. The molecular weight excluding hydrogens is 374 g/mol. The number of carbonyl (C=O) groups is 1. The third-order valence-electron chi connectivity index (χ3n) is 6.57. The zero-order valence-corrected chi connectivity index (χ0v) is 17.0. The van der Waals surface area contributed by atoms with Crippen molar-refractivity contribution < 1.29 is 4.79 Å². The second kappa shape index (κ2) is 6.74. The largest absolute Gasteiger partial charge is 0.369 e. The van der Waals surface area contributed by atoms with E-state index in [9.17, 15) is 10.1 Å². The van der Waals surface area contributed by atoms with E-state index in [-0.39, 0.29) is 11.3 Å². The van der Waals surface area contributed by atoms with Crippen molar-refractivity contribution >= 4 is 22.5 Å². The molecule has 2 saturated heterocycles. The number of hydrogen-bond donors (Lipinski definition) is 1. The number of hydrogen-bond acceptors (Lipinski definition) is 4. The fourth-order valence-corrected chi connectivity index (χ4v) is 5.06. The number of nitriles is 1. The second-order valence-electron chi connectivity index (χ2n) is 8.47. The summed E-state index contributed by atoms with van der Waals surface area (Å²) in [5, 5.41) is 18.3. The molecule has 2 aliphatic heterocycles. The Labute approximate surface area is 175 Å². The number of aryl methyl sites for hydroxylation is 1. The summed E-state index contributed by atoms with van der Waals surface area (Å²) < 4.78 is 0. The van der Waals surface area contributed by atoms with Crippen molar-refractivity contribution in [3.8, 4) is 17.2 Å². The molecule has 0 radical (unpaired) electrons. The van der Waals surface area contributed by atoms with E-state index in [0.717, 1.165) is 65.9 Å². The van der Waals surface area contributed by atoms with Gasteiger partial charge in [0, 0.05) is 42.5 Å². The van der Waals surface area contributed by atoms with Crippen molar-refractivity contribution in [3.63, 3.8) is 0 Å². The van der Waals surface area contributed by atoms with E-state index in [1.165, 1.54) is 6.08 Å². The lowest BCUT2D eigenvalue weighted by atomic mass is 9.78. The molecule has 0 atom stereocenters. The van der Waals surface area contributed by atoms with Crippen molar-refractivity contribution in [1.29, 1.82) is 5.26 Å². The zero-order chi connectivity index (χ0) is 20.9. The molecule has 1 aromatic heterocycles. The molecule has 1 amide bonds. The van der Waals surface area contributed by atoms with Gasteiger partial charge in [-0.3, -0.25) is 9.89 Å². The summed E-state index contributed by atoms with van der Waals surface area (Å²) in [7, 11) is 0. The molecule has 150 valence electrons. The predicted octanol–water partition coefficient (Wildman–Crippen LogP) is 3.63. The van der Waals surface area contributed by atoms with Crippen LogP contribution in [0.1, 0.15) is 17.5 Å². The van der Waals surface area contributed by atoms with Crippen LogP contribution in [0.4, 0.5) is 5.69 Å². The maximum absolute atomic E-state index is 12.0. The normalized spacial score (nSPS) is 17.2. The molecule has 3 aromatic rings. The van der Waals surface area contributed by atoms with E-state index in [0.29, 0.717) is 5.56 Å². The van der Waals surface area contributed by atoms with Crippen LogP contribution in [0.15, 0.2) is 49.2 Å². The van der Waals surface area contributed by atoms with E-state index in [1.807, 2.05) is 35.4 Å². The Balaban J connectivity index is 1.49. The molecule has 0 aliphatic carbocycles. The number of nitrogens with one attached hydrogen (secondary N) is 1. The van der Waals surface area contributed by atoms with Gasteiger partial charge in [0.1, 0.15) is 6.07 Å². The Morgan fingerprint density at radius 1 is 1.30 bits per heavy atom. The van der Waals surface area contributed by atoms with Crippen molar-refractivity contribution in [3.05, 3.63) is 60.3 Å². The lowest BCUT2D eigenvalue weighted by Crippen LogP contribution is -2.58. The summed E-state index contributed by atoms with van der Waals surface area (Å²) in [5.74, 6) is 0.00807. The van der Waals surface area contributed by atoms with Gasteiger partial charge in [-0.1, -0.05) is 24.8 Å². The average molecular weight is 397 g/mol. The molecular formula is C24H23N5O. The molecule has 0 saturated carbocycles. The average Bonchev–Trinajstić information content (AvgIpc) is 3.39. The van der Waals surface area contributed by atoms with Gasteiger partial charge in [-0.25, -0.2) is 0 Å². The quantitative estimate of drug-likeness (QED) is 0.685. The minimum atomic E-state index is 0.00807. The molecule has 6 heteroatoms. The SMILES string of the molecule is C=CC(=O)N1CCC2(C1)CN(c1cccc(-c3c(C)ccc4[nH]ncc34)c1C#N)C2. The van der Waals surface area contributed by atoms with Crippen molar-refractivity contribution in [2.75, 3.05) is 31.1 Å². The number of fused-ring (bicyclic) bond motifs is 1. The third-order valence-corrected chi connectivity index (χ3v) is 6.57. The van der Waals surface area contributed by atoms with Crippen LogP contribution in [0.2, 0.25) is 0 Å². The van der Waals surface area contributed by atoms with Gasteiger partial charge in [-0.2, -0.15) is 10.4 Å². The Morgan fingerprint density at radius 3 is 2.90 bits per heavy atom. The first kappa shape index (κ1) is 18.4. The fourth-order valence-electron chi connectivity index (χ4n) is 5.06. The molecule has 2 aliphatic rings. The second-order valence-corrected chi connectivity index (χ2v) is 8.47. The van der Waals surface area contributed by atoms with Crippen LogP contribution in [0.25, 0.3) is 22.0 Å². The summed E-state index contributed by atoms with van der Waals surface area (Å²) in [4.78, 5) is 16.1. The maximum Gasteiger partial charge on any atom is 0.245 e. The lowest BCUT2D eigenvalue weighted by molar-refractivity contribution is -0.125. The number of aromatic amines is 1. The topological polar surface area (TPSA) is 76.0 Å². The number of nitrogens with zero attached hydrogens (tertiary/aromatic N) is 4. The summed E-state index contributed by atoms with van der Waals surface area (Å²) >= 11 is 0. The molecule has 1 N–H and O–H groups in total. The lowest BCUT2D eigenvalue weighted by Gasteiger charge is -2.49. The van der Waals surface area contributed by atoms with Gasteiger partial charge in [-0.05, 0) is 42.7 Å². The molecule has 0 bridgehead atoms. The van der Waals surface area contributed by atoms with Crippen LogP contribution < -0.4 is 4.90 Å². The fraction of sp³-hybridized carbons (Fsp3) is 0.292. The van der Waals surface area contributed by atoms with Gasteiger partial charge >= 0.3 is 0 Å². The van der Waals surface area contributed by atoms with Crippen LogP contribution in [-0.2, 0) is 4.79 Å². The maximum atomic E-state index is 12.0. The Bertz CT molecular complexity index is 1210. The van der Waals surface area contributed by atoms with Gasteiger partial charge in [0.05, 0.1) is 23.0 Å². The van der Waals surface area contributed by atoms with Gasteiger partial charge in [0.25, 0.3) is 0 Å². The molecule has 0 unspecified atom stereocenters. The van der Waals surface area contributed by atoms with E-state index in [2.05, 4.69) is 40.7 Å². The van der Waals surface area contributed by atoms with E-state index < -0.39 is 0 Å². The molecule has 2 aromatic carbocycles. The van der Waals surface area contributed by atoms with Crippen molar-refractivity contribution in [1.82, 2.24) is 15.1 Å². The number of H-pyrrole nitrogens is 1. The first-order valence-corrected chi connectivity index (χ1v) is 10.2. The Hall–Kier alpha value is -3.59. The van der Waals surface area contributed by atoms with E-state index in [4.69, 9.17) is 0 Å². The Kier molecular flexibility index (Phi) is 4.14. The molecule has 6 nitrogen and oxygen atoms in total. The number of likely N-dealkylation sites (tertiary alicyclic amines) is 1. The van der Waals surface area contributed by atoms with Gasteiger partial charge < -0.3 is 9.80 Å². The van der Waals surface area contributed by atoms with Crippen LogP contribution >= 0.6 is 0 Å². The summed E-state index contributed by atoms with van der Waals surface area (Å²) in [6.07, 6.45) is 4.22. The predicted molar refractivity (Wildman–Crippen MR) is 117 cm³/mol. The van der Waals surface area contributed by atoms with Crippen LogP contribution in [0.5, 0.6) is 0 Å². The Morgan fingerprint density at radius 2 is 2.13 bits per heavy atom. The highest BCUT2D eigenvalue weighted by molar-refractivity contribution is 5.98. The van der Waals surface area contributed by atoms with Crippen LogP contribution in [0, 0.1) is 23.7 Å². The highest BCUT2D eigenvalue weighted by atomic mass is 16.2. The highest BCUT2D eigenvalue weighted by Gasteiger charge is 2.49. The smallest absolute Gasteiger partial charge is 0.245 e. The molecule has 5 rings (SSSR count). The minimum Gasteiger partial charge on any atom is -0.369 e. The van der Waals surface area contributed by atoms with Gasteiger partial charge in [0.15, 0.2) is 0 Å². The van der Waals surface area contributed by atoms with Crippen molar-refractivity contribution in [2.45, 2.75) is 13.3 Å². The zero-order valence-electron chi connectivity index (χ0n) is 17.0. The van der Waals surface area contributed by atoms with Gasteiger partial charge in [0.2, 0.25) is 5.91 Å². The summed E-state index contributed by atoms with van der Waals surface area (Å²) in [5.41, 5.74) is 5.86. The first-order valence-electron chi connectivity index (χ1n) is 10.2. The van der Waals surface area contributed by atoms with Crippen molar-refractivity contribution in [2.24, 2.45) is 5.41 Å². The summed E-state index contributed by atoms with van der Waals surface area (Å²) in [6.45, 7) is 8.94. The number of carbonyl (C=O) groups excluding carboxylic acids is 1. The van der Waals surface area contributed by atoms with Gasteiger partial charge in [-0.15, -0.1) is 0 Å². The number of aromatic nitrogens is 2. The van der Waals surface area contributed by atoms with Crippen LogP contribution in [0.3, 0.4) is 0 Å². The number of anilines is 1. The number of rotatable bonds is 3. The molecule has 3 heterocycles. The van der Waals surface area contributed by atoms with Crippen LogP contribution in [-0.4, -0.2) is 47.2 Å². The van der Waals surface area contributed by atoms with E-state index >= 15 is 0 Å².